The molecule has 1 amide bonds. The van der Waals surface area contributed by atoms with Crippen molar-refractivity contribution < 1.29 is 14.3 Å². The zero-order valence-electron chi connectivity index (χ0n) is 16.5. The zero-order chi connectivity index (χ0) is 20.8. The molecule has 9 heteroatoms. The molecule has 1 heterocycles. The third-order valence-corrected chi connectivity index (χ3v) is 5.15. The summed E-state index contributed by atoms with van der Waals surface area (Å²) in [6.07, 6.45) is 0. The fraction of sp³-hybridized carbons (Fsp3) is 0.250. The minimum absolute atomic E-state index is 0.130. The SMILES string of the molecule is COc1ccccc1NC(=O)CSc1nnc(COc2c(C)cccc2C)n1N. The van der Waals surface area contributed by atoms with Gasteiger partial charge in [-0.2, -0.15) is 0 Å². The Morgan fingerprint density at radius 1 is 1.14 bits per heavy atom. The highest BCUT2D eigenvalue weighted by atomic mass is 32.2. The number of ether oxygens (including phenoxy) is 2. The highest BCUT2D eigenvalue weighted by molar-refractivity contribution is 7.99. The van der Waals surface area contributed by atoms with Gasteiger partial charge in [0.1, 0.15) is 18.1 Å². The standard InChI is InChI=1S/C20H23N5O3S/c1-13-7-6-8-14(2)19(13)28-11-17-23-24-20(25(17)21)29-12-18(26)22-15-9-4-5-10-16(15)27-3/h4-10H,11-12,21H2,1-3H3,(H,22,26). The van der Waals surface area contributed by atoms with E-state index < -0.39 is 0 Å². The second kappa shape index (κ2) is 9.33. The van der Waals surface area contributed by atoms with Crippen LogP contribution in [0.3, 0.4) is 0 Å². The molecule has 29 heavy (non-hydrogen) atoms. The fourth-order valence-electron chi connectivity index (χ4n) is 2.73. The molecule has 0 fully saturated rings. The zero-order valence-corrected chi connectivity index (χ0v) is 17.3. The summed E-state index contributed by atoms with van der Waals surface area (Å²) in [5, 5.41) is 11.4. The predicted octanol–water partition coefficient (Wildman–Crippen LogP) is 2.93. The minimum Gasteiger partial charge on any atom is -0.495 e. The second-order valence-corrected chi connectivity index (χ2v) is 7.26. The van der Waals surface area contributed by atoms with Gasteiger partial charge in [0, 0.05) is 0 Å². The molecule has 0 atom stereocenters. The first-order valence-corrected chi connectivity index (χ1v) is 9.92. The number of rotatable bonds is 8. The van der Waals surface area contributed by atoms with Gasteiger partial charge in [-0.15, -0.1) is 10.2 Å². The summed E-state index contributed by atoms with van der Waals surface area (Å²) >= 11 is 1.19. The molecule has 0 aliphatic heterocycles. The Hall–Kier alpha value is -3.20. The summed E-state index contributed by atoms with van der Waals surface area (Å²) < 4.78 is 12.4. The van der Waals surface area contributed by atoms with E-state index in [1.807, 2.05) is 44.2 Å². The lowest BCUT2D eigenvalue weighted by Gasteiger charge is -2.11. The number of aryl methyl sites for hydroxylation is 2. The van der Waals surface area contributed by atoms with Crippen LogP contribution >= 0.6 is 11.8 Å². The number of para-hydroxylation sites is 3. The van der Waals surface area contributed by atoms with Crippen LogP contribution in [-0.2, 0) is 11.4 Å². The van der Waals surface area contributed by atoms with Crippen molar-refractivity contribution >= 4 is 23.4 Å². The summed E-state index contributed by atoms with van der Waals surface area (Å²) in [7, 11) is 1.55. The van der Waals surface area contributed by atoms with Gasteiger partial charge in [0.05, 0.1) is 18.6 Å². The normalized spacial score (nSPS) is 10.6. The lowest BCUT2D eigenvalue weighted by molar-refractivity contribution is -0.113. The number of hydrogen-bond donors (Lipinski definition) is 2. The molecule has 3 rings (SSSR count). The fourth-order valence-corrected chi connectivity index (χ4v) is 3.41. The molecule has 3 N–H and O–H groups in total. The third-order valence-electron chi connectivity index (χ3n) is 4.20. The maximum absolute atomic E-state index is 12.2. The first-order chi connectivity index (χ1) is 14.0. The van der Waals surface area contributed by atoms with Gasteiger partial charge in [0.2, 0.25) is 11.1 Å². The predicted molar refractivity (Wildman–Crippen MR) is 113 cm³/mol. The lowest BCUT2D eigenvalue weighted by Crippen LogP contribution is -2.18. The van der Waals surface area contributed by atoms with Crippen LogP contribution in [0.15, 0.2) is 47.6 Å². The van der Waals surface area contributed by atoms with E-state index >= 15 is 0 Å². The van der Waals surface area contributed by atoms with Gasteiger partial charge in [-0.1, -0.05) is 42.1 Å². The average molecular weight is 414 g/mol. The Balaban J connectivity index is 1.57. The van der Waals surface area contributed by atoms with Gasteiger partial charge in [0.15, 0.2) is 5.82 Å². The molecule has 0 aliphatic rings. The lowest BCUT2D eigenvalue weighted by atomic mass is 10.1. The number of nitrogens with one attached hydrogen (secondary N) is 1. The van der Waals surface area contributed by atoms with E-state index in [0.29, 0.717) is 22.4 Å². The highest BCUT2D eigenvalue weighted by Crippen LogP contribution is 2.25. The van der Waals surface area contributed by atoms with E-state index in [1.165, 1.54) is 16.4 Å². The number of benzene rings is 2. The Bertz CT molecular complexity index is 985. The Morgan fingerprint density at radius 3 is 2.59 bits per heavy atom. The summed E-state index contributed by atoms with van der Waals surface area (Å²) in [6.45, 7) is 4.15. The number of nitrogens with two attached hydrogens (primary N) is 1. The van der Waals surface area contributed by atoms with Crippen molar-refractivity contribution in [2.24, 2.45) is 0 Å². The van der Waals surface area contributed by atoms with Crippen LogP contribution < -0.4 is 20.6 Å². The van der Waals surface area contributed by atoms with Crippen molar-refractivity contribution in [3.8, 4) is 11.5 Å². The van der Waals surface area contributed by atoms with E-state index in [9.17, 15) is 4.79 Å². The van der Waals surface area contributed by atoms with Gasteiger partial charge in [-0.05, 0) is 37.1 Å². The summed E-state index contributed by atoms with van der Waals surface area (Å²) in [4.78, 5) is 12.2. The molecular weight excluding hydrogens is 390 g/mol. The number of anilines is 1. The van der Waals surface area contributed by atoms with Crippen molar-refractivity contribution in [2.45, 2.75) is 25.6 Å². The topological polar surface area (TPSA) is 104 Å². The molecule has 0 radical (unpaired) electrons. The minimum atomic E-state index is -0.198. The number of aromatic nitrogens is 3. The number of methoxy groups -OCH3 is 1. The van der Waals surface area contributed by atoms with Crippen molar-refractivity contribution in [1.29, 1.82) is 0 Å². The van der Waals surface area contributed by atoms with Crippen LogP contribution in [0.2, 0.25) is 0 Å². The van der Waals surface area contributed by atoms with Crippen LogP contribution in [0.5, 0.6) is 11.5 Å². The van der Waals surface area contributed by atoms with Crippen molar-refractivity contribution in [2.75, 3.05) is 24.0 Å². The largest absolute Gasteiger partial charge is 0.495 e. The molecule has 0 bridgehead atoms. The van der Waals surface area contributed by atoms with Gasteiger partial charge in [-0.25, -0.2) is 4.68 Å². The highest BCUT2D eigenvalue weighted by Gasteiger charge is 2.14. The quantitative estimate of drug-likeness (QED) is 0.432. The number of nitrogens with zero attached hydrogens (tertiary/aromatic N) is 3. The first-order valence-electron chi connectivity index (χ1n) is 8.93. The van der Waals surface area contributed by atoms with Crippen LogP contribution in [0, 0.1) is 13.8 Å². The van der Waals surface area contributed by atoms with Crippen LogP contribution in [-0.4, -0.2) is 33.6 Å². The molecule has 0 spiro atoms. The first kappa shape index (κ1) is 20.5. The Kier molecular flexibility index (Phi) is 6.61. The van der Waals surface area contributed by atoms with Crippen molar-refractivity contribution in [1.82, 2.24) is 14.9 Å². The molecule has 0 saturated carbocycles. The third kappa shape index (κ3) is 5.00. The number of hydrogen-bond acceptors (Lipinski definition) is 7. The van der Waals surface area contributed by atoms with E-state index in [0.717, 1.165) is 16.9 Å². The van der Waals surface area contributed by atoms with Crippen molar-refractivity contribution in [3.05, 3.63) is 59.4 Å². The number of thioether (sulfide) groups is 1. The molecular formula is C20H23N5O3S. The maximum atomic E-state index is 12.2. The van der Waals surface area contributed by atoms with E-state index in [-0.39, 0.29) is 18.3 Å². The Morgan fingerprint density at radius 2 is 1.86 bits per heavy atom. The number of amides is 1. The van der Waals surface area contributed by atoms with Crippen LogP contribution in [0.25, 0.3) is 0 Å². The summed E-state index contributed by atoms with van der Waals surface area (Å²) in [5.74, 6) is 7.87. The van der Waals surface area contributed by atoms with E-state index in [1.54, 1.807) is 19.2 Å². The molecule has 8 nitrogen and oxygen atoms in total. The molecule has 3 aromatic rings. The average Bonchev–Trinajstić information content (AvgIpc) is 3.06. The van der Waals surface area contributed by atoms with Gasteiger partial charge < -0.3 is 20.6 Å². The van der Waals surface area contributed by atoms with Gasteiger partial charge in [0.25, 0.3) is 0 Å². The molecule has 0 saturated heterocycles. The number of carbonyl (C=O) groups is 1. The van der Waals surface area contributed by atoms with Gasteiger partial charge in [-0.3, -0.25) is 4.79 Å². The molecule has 152 valence electrons. The van der Waals surface area contributed by atoms with Gasteiger partial charge >= 0.3 is 0 Å². The molecule has 0 aliphatic carbocycles. The van der Waals surface area contributed by atoms with E-state index in [4.69, 9.17) is 15.3 Å². The maximum Gasteiger partial charge on any atom is 0.234 e. The molecule has 0 unspecified atom stereocenters. The molecule has 2 aromatic carbocycles. The molecule has 1 aromatic heterocycles. The van der Waals surface area contributed by atoms with Crippen molar-refractivity contribution in [3.63, 3.8) is 0 Å². The summed E-state index contributed by atoms with van der Waals surface area (Å²) in [5.41, 5.74) is 2.68. The van der Waals surface area contributed by atoms with E-state index in [2.05, 4.69) is 15.5 Å². The second-order valence-electron chi connectivity index (χ2n) is 6.32. The van der Waals surface area contributed by atoms with Crippen LogP contribution in [0.4, 0.5) is 5.69 Å². The number of carbonyl (C=O) groups excluding carboxylic acids is 1. The Labute approximate surface area is 173 Å². The summed E-state index contributed by atoms with van der Waals surface area (Å²) in [6, 6.07) is 13.2. The monoisotopic (exact) mass is 413 g/mol. The smallest absolute Gasteiger partial charge is 0.234 e. The van der Waals surface area contributed by atoms with Crippen LogP contribution in [0.1, 0.15) is 17.0 Å². The number of nitrogen functional groups attached to an aromatic ring is 1.